The topological polar surface area (TPSA) is 64.3 Å². The predicted molar refractivity (Wildman–Crippen MR) is 71.6 cm³/mol. The second-order valence-corrected chi connectivity index (χ2v) is 5.62. The van der Waals surface area contributed by atoms with Crippen LogP contribution >= 0.6 is 0 Å². The highest BCUT2D eigenvalue weighted by Gasteiger charge is 2.29. The van der Waals surface area contributed by atoms with Gasteiger partial charge in [-0.05, 0) is 32.8 Å². The molecule has 0 bridgehead atoms. The van der Waals surface area contributed by atoms with Crippen LogP contribution in [-0.2, 0) is 4.74 Å². The number of amides is 1. The molecule has 2 rings (SSSR count). The number of carbonyl (C=O) groups is 1. The Bertz CT molecular complexity index is 532. The average molecular weight is 284 g/mol. The Hall–Kier alpha value is -1.69. The quantitative estimate of drug-likeness (QED) is 0.896. The van der Waals surface area contributed by atoms with Crippen molar-refractivity contribution >= 4 is 11.6 Å². The molecular formula is C14H18F2N2O2. The lowest BCUT2D eigenvalue weighted by atomic mass is 9.93. The summed E-state index contributed by atoms with van der Waals surface area (Å²) < 4.78 is 32.7. The van der Waals surface area contributed by atoms with Gasteiger partial charge in [0.15, 0.2) is 0 Å². The molecule has 0 saturated carbocycles. The number of ether oxygens (including phenoxy) is 1. The normalized spacial score (nSPS) is 21.5. The van der Waals surface area contributed by atoms with Crippen LogP contribution in [0, 0.1) is 11.6 Å². The minimum atomic E-state index is -0.951. The van der Waals surface area contributed by atoms with E-state index in [1.807, 2.05) is 13.8 Å². The third-order valence-corrected chi connectivity index (χ3v) is 3.38. The molecule has 1 aliphatic heterocycles. The van der Waals surface area contributed by atoms with E-state index >= 15 is 0 Å². The van der Waals surface area contributed by atoms with Crippen molar-refractivity contribution in [3.63, 3.8) is 0 Å². The highest BCUT2D eigenvalue weighted by molar-refractivity contribution is 5.94. The molecule has 110 valence electrons. The van der Waals surface area contributed by atoms with Crippen LogP contribution in [0.2, 0.25) is 0 Å². The maximum absolute atomic E-state index is 13.8. The van der Waals surface area contributed by atoms with Crippen molar-refractivity contribution in [1.82, 2.24) is 0 Å². The van der Waals surface area contributed by atoms with E-state index in [1.54, 1.807) is 0 Å². The maximum Gasteiger partial charge on any atom is 0.251 e. The summed E-state index contributed by atoms with van der Waals surface area (Å²) in [6.07, 6.45) is 1.40. The molecule has 0 spiro atoms. The van der Waals surface area contributed by atoms with Crippen LogP contribution in [0.3, 0.4) is 0 Å². The number of hydrogen-bond donors (Lipinski definition) is 2. The van der Waals surface area contributed by atoms with Gasteiger partial charge in [-0.3, -0.25) is 4.79 Å². The Kier molecular flexibility index (Phi) is 3.94. The number of rotatable bonds is 3. The van der Waals surface area contributed by atoms with Gasteiger partial charge >= 0.3 is 0 Å². The summed E-state index contributed by atoms with van der Waals surface area (Å²) in [5.74, 6) is -2.61. The molecule has 1 aliphatic rings. The van der Waals surface area contributed by atoms with Gasteiger partial charge in [0.2, 0.25) is 0 Å². The number of benzene rings is 1. The lowest BCUT2D eigenvalue weighted by Crippen LogP contribution is -2.40. The largest absolute Gasteiger partial charge is 0.380 e. The van der Waals surface area contributed by atoms with E-state index in [1.165, 1.54) is 0 Å². The molecule has 1 saturated heterocycles. The fourth-order valence-electron chi connectivity index (χ4n) is 2.42. The van der Waals surface area contributed by atoms with Gasteiger partial charge in [0.05, 0.1) is 16.9 Å². The maximum atomic E-state index is 13.8. The first-order valence-corrected chi connectivity index (χ1v) is 6.48. The number of nitrogens with one attached hydrogen (secondary N) is 1. The molecule has 1 aromatic carbocycles. The molecule has 6 heteroatoms. The summed E-state index contributed by atoms with van der Waals surface area (Å²) in [4.78, 5) is 11.1. The first-order chi connectivity index (χ1) is 9.28. The molecule has 1 fully saturated rings. The molecule has 4 nitrogen and oxygen atoms in total. The van der Waals surface area contributed by atoms with E-state index in [2.05, 4.69) is 5.32 Å². The number of halogens is 2. The lowest BCUT2D eigenvalue weighted by molar-refractivity contribution is -0.0553. The fraction of sp³-hybridized carbons (Fsp3) is 0.500. The van der Waals surface area contributed by atoms with E-state index in [4.69, 9.17) is 10.5 Å². The van der Waals surface area contributed by atoms with Crippen LogP contribution in [0.15, 0.2) is 12.1 Å². The van der Waals surface area contributed by atoms with Crippen molar-refractivity contribution in [1.29, 1.82) is 0 Å². The molecule has 0 radical (unpaired) electrons. The predicted octanol–water partition coefficient (Wildman–Crippen LogP) is 2.43. The Labute approximate surface area is 116 Å². The van der Waals surface area contributed by atoms with E-state index in [0.717, 1.165) is 6.07 Å². The molecule has 1 amide bonds. The smallest absolute Gasteiger partial charge is 0.251 e. The van der Waals surface area contributed by atoms with Gasteiger partial charge < -0.3 is 15.8 Å². The van der Waals surface area contributed by atoms with Gasteiger partial charge in [0.1, 0.15) is 11.6 Å². The Balaban J connectivity index is 2.21. The van der Waals surface area contributed by atoms with Crippen LogP contribution in [0.25, 0.3) is 0 Å². The second-order valence-electron chi connectivity index (χ2n) is 5.62. The van der Waals surface area contributed by atoms with Crippen LogP contribution in [0.5, 0.6) is 0 Å². The summed E-state index contributed by atoms with van der Waals surface area (Å²) >= 11 is 0. The molecule has 20 heavy (non-hydrogen) atoms. The average Bonchev–Trinajstić information content (AvgIpc) is 2.31. The van der Waals surface area contributed by atoms with E-state index in [0.29, 0.717) is 25.5 Å². The van der Waals surface area contributed by atoms with Gasteiger partial charge in [-0.25, -0.2) is 8.78 Å². The van der Waals surface area contributed by atoms with Crippen molar-refractivity contribution in [2.45, 2.75) is 38.3 Å². The molecule has 0 aromatic heterocycles. The Morgan fingerprint density at radius 3 is 2.70 bits per heavy atom. The van der Waals surface area contributed by atoms with Crippen molar-refractivity contribution in [3.8, 4) is 0 Å². The Morgan fingerprint density at radius 2 is 2.10 bits per heavy atom. The molecule has 0 aliphatic carbocycles. The van der Waals surface area contributed by atoms with E-state index < -0.39 is 17.5 Å². The molecule has 1 aromatic rings. The summed E-state index contributed by atoms with van der Waals surface area (Å²) in [5.41, 5.74) is 4.53. The van der Waals surface area contributed by atoms with Gasteiger partial charge in [-0.1, -0.05) is 0 Å². The molecular weight excluding hydrogens is 266 g/mol. The van der Waals surface area contributed by atoms with Crippen molar-refractivity contribution in [3.05, 3.63) is 29.3 Å². The van der Waals surface area contributed by atoms with Gasteiger partial charge in [0, 0.05) is 18.7 Å². The summed E-state index contributed by atoms with van der Waals surface area (Å²) in [6, 6.07) is 1.79. The number of nitrogens with two attached hydrogens (primary N) is 1. The molecule has 1 atom stereocenters. The number of anilines is 1. The van der Waals surface area contributed by atoms with Gasteiger partial charge in [-0.15, -0.1) is 0 Å². The first kappa shape index (κ1) is 14.7. The monoisotopic (exact) mass is 284 g/mol. The van der Waals surface area contributed by atoms with E-state index in [-0.39, 0.29) is 22.9 Å². The van der Waals surface area contributed by atoms with E-state index in [9.17, 15) is 13.6 Å². The minimum absolute atomic E-state index is 0.000521. The van der Waals surface area contributed by atoms with Crippen LogP contribution < -0.4 is 11.1 Å². The fourth-order valence-corrected chi connectivity index (χ4v) is 2.42. The summed E-state index contributed by atoms with van der Waals surface area (Å²) in [6.45, 7) is 4.48. The third kappa shape index (κ3) is 3.25. The van der Waals surface area contributed by atoms with Crippen LogP contribution in [0.4, 0.5) is 14.5 Å². The zero-order chi connectivity index (χ0) is 14.9. The van der Waals surface area contributed by atoms with Gasteiger partial charge in [-0.2, -0.15) is 0 Å². The zero-order valence-electron chi connectivity index (χ0n) is 11.5. The molecule has 1 unspecified atom stereocenters. The SMILES string of the molecule is CC1(C)CC(Nc2cc(C(N)=O)c(F)cc2F)CCO1. The second kappa shape index (κ2) is 5.36. The molecule has 1 heterocycles. The van der Waals surface area contributed by atoms with Crippen molar-refractivity contribution < 1.29 is 18.3 Å². The highest BCUT2D eigenvalue weighted by Crippen LogP contribution is 2.28. The standard InChI is InChI=1S/C14H18F2N2O2/c1-14(2)7-8(3-4-20-14)18-12-5-9(13(17)19)10(15)6-11(12)16/h5-6,8,18H,3-4,7H2,1-2H3,(H2,17,19). The number of hydrogen-bond acceptors (Lipinski definition) is 3. The van der Waals surface area contributed by atoms with Gasteiger partial charge in [0.25, 0.3) is 5.91 Å². The van der Waals surface area contributed by atoms with Crippen molar-refractivity contribution in [2.75, 3.05) is 11.9 Å². The zero-order valence-corrected chi connectivity index (χ0v) is 11.5. The first-order valence-electron chi connectivity index (χ1n) is 6.48. The Morgan fingerprint density at radius 1 is 1.40 bits per heavy atom. The lowest BCUT2D eigenvalue weighted by Gasteiger charge is -2.36. The van der Waals surface area contributed by atoms with Crippen molar-refractivity contribution in [2.24, 2.45) is 5.73 Å². The number of primary amides is 1. The highest BCUT2D eigenvalue weighted by atomic mass is 19.1. The molecule has 3 N–H and O–H groups in total. The van der Waals surface area contributed by atoms with Crippen LogP contribution in [-0.4, -0.2) is 24.2 Å². The minimum Gasteiger partial charge on any atom is -0.380 e. The van der Waals surface area contributed by atoms with Crippen LogP contribution in [0.1, 0.15) is 37.0 Å². The summed E-state index contributed by atoms with van der Waals surface area (Å²) in [5, 5.41) is 3.00. The number of carbonyl (C=O) groups excluding carboxylic acids is 1. The summed E-state index contributed by atoms with van der Waals surface area (Å²) in [7, 11) is 0. The third-order valence-electron chi connectivity index (χ3n) is 3.38.